The topological polar surface area (TPSA) is 21.7 Å². The monoisotopic (exact) mass is 400 g/mol. The van der Waals surface area contributed by atoms with Crippen molar-refractivity contribution in [3.8, 4) is 5.95 Å². The van der Waals surface area contributed by atoms with Crippen molar-refractivity contribution in [1.29, 1.82) is 0 Å². The van der Waals surface area contributed by atoms with Crippen LogP contribution in [-0.4, -0.2) is 9.55 Å². The summed E-state index contributed by atoms with van der Waals surface area (Å²) in [7, 11) is 2.03. The van der Waals surface area contributed by atoms with Crippen LogP contribution >= 0.6 is 22.6 Å². The van der Waals surface area contributed by atoms with Crippen molar-refractivity contribution >= 4 is 44.4 Å². The number of nitrogens with zero attached hydrogens (tertiary/aromatic N) is 3. The third-order valence-corrected chi connectivity index (χ3v) is 5.29. The lowest BCUT2D eigenvalue weighted by Gasteiger charge is -2.05. The molecule has 0 bridgehead atoms. The van der Waals surface area contributed by atoms with Crippen LogP contribution in [0.15, 0.2) is 54.9 Å². The molecule has 2 aromatic heterocycles. The Morgan fingerprint density at radius 3 is 2.68 bits per heavy atom. The largest absolute Gasteiger partial charge is 0.403 e. The lowest BCUT2D eigenvalue weighted by molar-refractivity contribution is -0.668. The van der Waals surface area contributed by atoms with Crippen molar-refractivity contribution in [2.45, 2.75) is 6.92 Å². The number of halogens is 1. The van der Waals surface area contributed by atoms with Gasteiger partial charge in [0.05, 0.1) is 13.2 Å². The quantitative estimate of drug-likeness (QED) is 0.351. The lowest BCUT2D eigenvalue weighted by atomic mass is 10.1. The average Bonchev–Trinajstić information content (AvgIpc) is 2.87. The summed E-state index contributed by atoms with van der Waals surface area (Å²) < 4.78 is 5.60. The fraction of sp³-hybridized carbons (Fsp3) is 0.111. The number of fused-ring (bicyclic) bond motifs is 3. The van der Waals surface area contributed by atoms with E-state index in [4.69, 9.17) is 0 Å². The summed E-state index contributed by atoms with van der Waals surface area (Å²) in [6, 6.07) is 14.9. The zero-order valence-corrected chi connectivity index (χ0v) is 14.6. The minimum absolute atomic E-state index is 0.929. The molecule has 0 amide bonds. The Kier molecular flexibility index (Phi) is 3.14. The summed E-state index contributed by atoms with van der Waals surface area (Å²) in [6.07, 6.45) is 3.88. The molecule has 0 unspecified atom stereocenters. The molecule has 0 fully saturated rings. The van der Waals surface area contributed by atoms with Crippen molar-refractivity contribution in [3.63, 3.8) is 0 Å². The number of benzene rings is 2. The molecule has 0 N–H and O–H groups in total. The second-order valence-corrected chi connectivity index (χ2v) is 6.61. The maximum atomic E-state index is 4.62. The van der Waals surface area contributed by atoms with Crippen LogP contribution in [0.5, 0.6) is 0 Å². The van der Waals surface area contributed by atoms with Crippen molar-refractivity contribution in [1.82, 2.24) is 9.55 Å². The van der Waals surface area contributed by atoms with Crippen molar-refractivity contribution in [2.75, 3.05) is 0 Å². The first-order valence-electron chi connectivity index (χ1n) is 7.18. The Morgan fingerprint density at radius 1 is 1.05 bits per heavy atom. The van der Waals surface area contributed by atoms with Crippen LogP contribution in [-0.2, 0) is 7.05 Å². The smallest absolute Gasteiger partial charge is 0.238 e. The second kappa shape index (κ2) is 5.05. The lowest BCUT2D eigenvalue weighted by Crippen LogP contribution is -2.34. The molecule has 0 aliphatic heterocycles. The minimum Gasteiger partial charge on any atom is -0.238 e. The maximum absolute atomic E-state index is 4.62. The molecule has 22 heavy (non-hydrogen) atoms. The fourth-order valence-corrected chi connectivity index (χ4v) is 3.49. The number of hydrogen-bond acceptors (Lipinski definition) is 1. The molecular weight excluding hydrogens is 385 g/mol. The first kappa shape index (κ1) is 13.7. The molecule has 0 aliphatic carbocycles. The van der Waals surface area contributed by atoms with Crippen LogP contribution in [0.3, 0.4) is 0 Å². The van der Waals surface area contributed by atoms with Gasteiger partial charge >= 0.3 is 5.95 Å². The number of aryl methyl sites for hydroxylation is 2. The van der Waals surface area contributed by atoms with Gasteiger partial charge in [0, 0.05) is 26.0 Å². The molecular formula is C18H15IN3+. The van der Waals surface area contributed by atoms with Gasteiger partial charge in [-0.2, -0.15) is 4.57 Å². The van der Waals surface area contributed by atoms with Gasteiger partial charge in [0.2, 0.25) is 0 Å². The Bertz CT molecular complexity index is 1020. The third kappa shape index (κ3) is 1.86. The third-order valence-electron chi connectivity index (χ3n) is 4.12. The SMILES string of the molecule is Cc1c(I)ccc2c3ccccc3n(-c3nccc[n+]3C)c12. The van der Waals surface area contributed by atoms with Crippen molar-refractivity contribution < 1.29 is 4.57 Å². The second-order valence-electron chi connectivity index (χ2n) is 5.45. The predicted molar refractivity (Wildman–Crippen MR) is 97.2 cm³/mol. The van der Waals surface area contributed by atoms with Gasteiger partial charge in [-0.1, -0.05) is 23.2 Å². The highest BCUT2D eigenvalue weighted by molar-refractivity contribution is 14.1. The molecule has 0 spiro atoms. The van der Waals surface area contributed by atoms with Crippen LogP contribution in [0.4, 0.5) is 0 Å². The van der Waals surface area contributed by atoms with Gasteiger partial charge in [-0.25, -0.2) is 4.57 Å². The zero-order chi connectivity index (χ0) is 15.3. The summed E-state index contributed by atoms with van der Waals surface area (Å²) in [4.78, 5) is 4.62. The Hall–Kier alpha value is -1.95. The van der Waals surface area contributed by atoms with Crippen molar-refractivity contribution in [2.24, 2.45) is 7.05 Å². The molecule has 108 valence electrons. The van der Waals surface area contributed by atoms with Crippen LogP contribution in [0.1, 0.15) is 5.56 Å². The van der Waals surface area contributed by atoms with E-state index in [1.165, 1.54) is 30.9 Å². The number of para-hydroxylation sites is 1. The molecule has 2 heterocycles. The van der Waals surface area contributed by atoms with E-state index >= 15 is 0 Å². The molecule has 0 saturated heterocycles. The van der Waals surface area contributed by atoms with E-state index in [1.54, 1.807) is 0 Å². The van der Waals surface area contributed by atoms with Crippen LogP contribution in [0, 0.1) is 10.5 Å². The van der Waals surface area contributed by atoms with Gasteiger partial charge in [-0.15, -0.1) is 0 Å². The molecule has 4 aromatic rings. The van der Waals surface area contributed by atoms with Gasteiger partial charge < -0.3 is 0 Å². The summed E-state index contributed by atoms with van der Waals surface area (Å²) in [5.41, 5.74) is 3.72. The number of rotatable bonds is 1. The first-order valence-corrected chi connectivity index (χ1v) is 8.25. The van der Waals surface area contributed by atoms with Gasteiger partial charge in [-0.3, -0.25) is 0 Å². The van der Waals surface area contributed by atoms with Gasteiger partial charge in [0.15, 0.2) is 0 Å². The summed E-state index contributed by atoms with van der Waals surface area (Å²) in [5.74, 6) is 0.929. The summed E-state index contributed by atoms with van der Waals surface area (Å²) in [6.45, 7) is 2.18. The van der Waals surface area contributed by atoms with E-state index < -0.39 is 0 Å². The fourth-order valence-electron chi connectivity index (χ4n) is 3.06. The van der Waals surface area contributed by atoms with E-state index in [9.17, 15) is 0 Å². The molecule has 4 rings (SSSR count). The van der Waals surface area contributed by atoms with Crippen LogP contribution in [0.25, 0.3) is 27.8 Å². The Balaban J connectivity index is 2.29. The van der Waals surface area contributed by atoms with E-state index in [2.05, 4.69) is 80.0 Å². The Morgan fingerprint density at radius 2 is 1.86 bits per heavy atom. The normalized spacial score (nSPS) is 11.4. The minimum atomic E-state index is 0.929. The van der Waals surface area contributed by atoms with Crippen molar-refractivity contribution in [3.05, 3.63) is 64.0 Å². The molecule has 0 saturated carbocycles. The molecule has 2 aromatic carbocycles. The van der Waals surface area contributed by atoms with Gasteiger partial charge in [0.1, 0.15) is 17.2 Å². The standard InChI is InChI=1S/C18H15IN3/c1-12-15(19)9-8-14-13-6-3-4-7-16(13)22(17(12)14)18-20-10-5-11-21(18)2/h3-11H,1-2H3/q+1. The molecule has 0 aliphatic rings. The molecule has 3 nitrogen and oxygen atoms in total. The van der Waals surface area contributed by atoms with E-state index in [0.717, 1.165) is 5.95 Å². The van der Waals surface area contributed by atoms with E-state index in [0.29, 0.717) is 0 Å². The van der Waals surface area contributed by atoms with E-state index in [1.807, 2.05) is 25.5 Å². The Labute approximate surface area is 142 Å². The highest BCUT2D eigenvalue weighted by Crippen LogP contribution is 2.34. The maximum Gasteiger partial charge on any atom is 0.403 e. The first-order chi connectivity index (χ1) is 10.7. The molecule has 0 radical (unpaired) electrons. The van der Waals surface area contributed by atoms with Crippen LogP contribution < -0.4 is 4.57 Å². The highest BCUT2D eigenvalue weighted by atomic mass is 127. The van der Waals surface area contributed by atoms with E-state index in [-0.39, 0.29) is 0 Å². The predicted octanol–water partition coefficient (Wildman–Crippen LogP) is 3.92. The highest BCUT2D eigenvalue weighted by Gasteiger charge is 2.22. The molecule has 4 heteroatoms. The number of hydrogen-bond donors (Lipinski definition) is 0. The van der Waals surface area contributed by atoms with Gasteiger partial charge in [-0.05, 0) is 47.7 Å². The average molecular weight is 400 g/mol. The van der Waals surface area contributed by atoms with Gasteiger partial charge in [0.25, 0.3) is 0 Å². The van der Waals surface area contributed by atoms with Crippen LogP contribution in [0.2, 0.25) is 0 Å². The molecule has 0 atom stereocenters. The summed E-state index contributed by atoms with van der Waals surface area (Å²) in [5, 5.41) is 2.54. The summed E-state index contributed by atoms with van der Waals surface area (Å²) >= 11 is 2.40. The number of aromatic nitrogens is 3. The zero-order valence-electron chi connectivity index (χ0n) is 12.4.